The fourth-order valence-corrected chi connectivity index (χ4v) is 2.83. The highest BCUT2D eigenvalue weighted by Crippen LogP contribution is 2.28. The molecule has 1 saturated heterocycles. The predicted molar refractivity (Wildman–Crippen MR) is 90.0 cm³/mol. The number of hydrogen-bond acceptors (Lipinski definition) is 5. The van der Waals surface area contributed by atoms with Crippen LogP contribution in [0.15, 0.2) is 42.7 Å². The summed E-state index contributed by atoms with van der Waals surface area (Å²) in [6.07, 6.45) is 5.47. The van der Waals surface area contributed by atoms with E-state index in [0.717, 1.165) is 37.2 Å². The Hall–Kier alpha value is -2.96. The Morgan fingerprint density at radius 2 is 2.08 bits per heavy atom. The molecular weight excluding hydrogens is 308 g/mol. The van der Waals surface area contributed by atoms with Crippen LogP contribution in [0.5, 0.6) is 0 Å². The van der Waals surface area contributed by atoms with E-state index in [2.05, 4.69) is 15.2 Å². The number of nitrogens with one attached hydrogen (secondary N) is 1. The molecule has 7 nitrogen and oxygen atoms in total. The monoisotopic (exact) mass is 326 g/mol. The van der Waals surface area contributed by atoms with E-state index < -0.39 is 4.92 Å². The highest BCUT2D eigenvalue weighted by molar-refractivity contribution is 6.00. The molecule has 1 fully saturated rings. The molecule has 0 atom stereocenters. The summed E-state index contributed by atoms with van der Waals surface area (Å²) in [6.45, 7) is 2.05. The van der Waals surface area contributed by atoms with Crippen molar-refractivity contribution in [3.8, 4) is 0 Å². The van der Waals surface area contributed by atoms with E-state index in [1.165, 1.54) is 12.1 Å². The number of carbonyl (C=O) groups is 1. The lowest BCUT2D eigenvalue weighted by molar-refractivity contribution is -0.384. The maximum absolute atomic E-state index is 12.6. The summed E-state index contributed by atoms with van der Waals surface area (Å²) in [5.74, 6) is -0.315. The summed E-state index contributed by atoms with van der Waals surface area (Å²) >= 11 is 0. The number of carbonyl (C=O) groups excluding carboxylic acids is 1. The van der Waals surface area contributed by atoms with Gasteiger partial charge < -0.3 is 10.2 Å². The molecule has 0 spiro atoms. The van der Waals surface area contributed by atoms with Crippen LogP contribution in [0.1, 0.15) is 28.8 Å². The van der Waals surface area contributed by atoms with Crippen molar-refractivity contribution in [1.29, 1.82) is 0 Å². The lowest BCUT2D eigenvalue weighted by Gasteiger charge is -2.20. The molecule has 7 heteroatoms. The molecular formula is C17H18N4O3. The number of amides is 1. The average Bonchev–Trinajstić information content (AvgIpc) is 3.14. The Labute approximate surface area is 139 Å². The van der Waals surface area contributed by atoms with E-state index in [9.17, 15) is 14.9 Å². The second-order valence-corrected chi connectivity index (χ2v) is 5.70. The molecule has 0 saturated carbocycles. The van der Waals surface area contributed by atoms with Gasteiger partial charge in [0.2, 0.25) is 0 Å². The van der Waals surface area contributed by atoms with E-state index in [-0.39, 0.29) is 11.6 Å². The van der Waals surface area contributed by atoms with Crippen LogP contribution in [0, 0.1) is 10.1 Å². The van der Waals surface area contributed by atoms with Crippen LogP contribution < -0.4 is 10.2 Å². The minimum absolute atomic E-state index is 0.0792. The van der Waals surface area contributed by atoms with Gasteiger partial charge in [-0.1, -0.05) is 6.07 Å². The van der Waals surface area contributed by atoms with E-state index in [4.69, 9.17) is 0 Å². The maximum atomic E-state index is 12.6. The van der Waals surface area contributed by atoms with Gasteiger partial charge in [0.05, 0.1) is 16.2 Å². The van der Waals surface area contributed by atoms with E-state index in [0.29, 0.717) is 12.1 Å². The van der Waals surface area contributed by atoms with Gasteiger partial charge in [0.15, 0.2) is 0 Å². The third-order valence-electron chi connectivity index (χ3n) is 4.06. The van der Waals surface area contributed by atoms with Crippen molar-refractivity contribution in [1.82, 2.24) is 10.3 Å². The molecule has 1 aromatic carbocycles. The zero-order valence-electron chi connectivity index (χ0n) is 13.1. The van der Waals surface area contributed by atoms with Gasteiger partial charge in [-0.25, -0.2) is 0 Å². The van der Waals surface area contributed by atoms with Gasteiger partial charge >= 0.3 is 0 Å². The Kier molecular flexibility index (Phi) is 4.69. The highest BCUT2D eigenvalue weighted by atomic mass is 16.6. The molecule has 0 radical (unpaired) electrons. The second-order valence-electron chi connectivity index (χ2n) is 5.70. The number of benzene rings is 1. The Morgan fingerprint density at radius 1 is 1.29 bits per heavy atom. The molecule has 24 heavy (non-hydrogen) atoms. The van der Waals surface area contributed by atoms with Crippen LogP contribution in [0.4, 0.5) is 11.4 Å². The molecule has 0 bridgehead atoms. The Balaban J connectivity index is 1.84. The number of nitrogens with zero attached hydrogens (tertiary/aromatic N) is 3. The zero-order valence-corrected chi connectivity index (χ0v) is 13.1. The molecule has 2 aromatic rings. The first-order valence-corrected chi connectivity index (χ1v) is 7.85. The van der Waals surface area contributed by atoms with Crippen LogP contribution in [0.25, 0.3) is 0 Å². The SMILES string of the molecule is O=C(NCc1cccnc1)c1cc([N+](=O)[O-])ccc1N1CCCC1. The summed E-state index contributed by atoms with van der Waals surface area (Å²) < 4.78 is 0. The Bertz CT molecular complexity index is 743. The summed E-state index contributed by atoms with van der Waals surface area (Å²) in [7, 11) is 0. The van der Waals surface area contributed by atoms with Crippen molar-refractivity contribution in [3.05, 3.63) is 64.0 Å². The van der Waals surface area contributed by atoms with Crippen LogP contribution in [0.3, 0.4) is 0 Å². The molecule has 1 amide bonds. The Morgan fingerprint density at radius 3 is 2.75 bits per heavy atom. The molecule has 1 N–H and O–H groups in total. The third kappa shape index (κ3) is 3.51. The number of rotatable bonds is 5. The van der Waals surface area contributed by atoms with Crippen molar-refractivity contribution in [3.63, 3.8) is 0 Å². The first-order valence-electron chi connectivity index (χ1n) is 7.85. The van der Waals surface area contributed by atoms with E-state index in [1.807, 2.05) is 6.07 Å². The fraction of sp³-hybridized carbons (Fsp3) is 0.294. The van der Waals surface area contributed by atoms with Gasteiger partial charge in [0.25, 0.3) is 11.6 Å². The maximum Gasteiger partial charge on any atom is 0.270 e. The van der Waals surface area contributed by atoms with Crippen LogP contribution in [-0.4, -0.2) is 28.9 Å². The lowest BCUT2D eigenvalue weighted by Crippen LogP contribution is -2.27. The number of non-ortho nitro benzene ring substituents is 1. The van der Waals surface area contributed by atoms with Gasteiger partial charge in [-0.05, 0) is 30.5 Å². The molecule has 124 valence electrons. The minimum atomic E-state index is -0.480. The quantitative estimate of drug-likeness (QED) is 0.674. The van der Waals surface area contributed by atoms with Crippen molar-refractivity contribution < 1.29 is 9.72 Å². The number of hydrogen-bond donors (Lipinski definition) is 1. The molecule has 1 aliphatic heterocycles. The first kappa shape index (κ1) is 15.9. The third-order valence-corrected chi connectivity index (χ3v) is 4.06. The number of aromatic nitrogens is 1. The van der Waals surface area contributed by atoms with Crippen LogP contribution in [-0.2, 0) is 6.54 Å². The number of anilines is 1. The summed E-state index contributed by atoms with van der Waals surface area (Å²) in [6, 6.07) is 8.13. The molecule has 1 aromatic heterocycles. The topological polar surface area (TPSA) is 88.4 Å². The summed E-state index contributed by atoms with van der Waals surface area (Å²) in [4.78, 5) is 29.3. The van der Waals surface area contributed by atoms with Crippen LogP contribution >= 0.6 is 0 Å². The average molecular weight is 326 g/mol. The zero-order chi connectivity index (χ0) is 16.9. The summed E-state index contributed by atoms with van der Waals surface area (Å²) in [5.41, 5.74) is 1.89. The van der Waals surface area contributed by atoms with Crippen molar-refractivity contribution in [2.24, 2.45) is 0 Å². The second kappa shape index (κ2) is 7.08. The fourth-order valence-electron chi connectivity index (χ4n) is 2.83. The van der Waals surface area contributed by atoms with E-state index in [1.54, 1.807) is 24.5 Å². The van der Waals surface area contributed by atoms with Gasteiger partial charge in [0.1, 0.15) is 0 Å². The first-order chi connectivity index (χ1) is 11.6. The van der Waals surface area contributed by atoms with Crippen LogP contribution in [0.2, 0.25) is 0 Å². The number of nitro groups is 1. The molecule has 3 rings (SSSR count). The molecule has 0 aliphatic carbocycles. The van der Waals surface area contributed by atoms with Gasteiger partial charge in [0, 0.05) is 44.2 Å². The van der Waals surface area contributed by atoms with Gasteiger partial charge in [-0.3, -0.25) is 19.9 Å². The van der Waals surface area contributed by atoms with Gasteiger partial charge in [-0.15, -0.1) is 0 Å². The minimum Gasteiger partial charge on any atom is -0.371 e. The lowest BCUT2D eigenvalue weighted by atomic mass is 10.1. The van der Waals surface area contributed by atoms with Crippen molar-refractivity contribution >= 4 is 17.3 Å². The highest BCUT2D eigenvalue weighted by Gasteiger charge is 2.22. The smallest absolute Gasteiger partial charge is 0.270 e. The molecule has 1 aliphatic rings. The largest absolute Gasteiger partial charge is 0.371 e. The van der Waals surface area contributed by atoms with Crippen molar-refractivity contribution in [2.45, 2.75) is 19.4 Å². The number of pyridine rings is 1. The van der Waals surface area contributed by atoms with Crippen molar-refractivity contribution in [2.75, 3.05) is 18.0 Å². The number of nitro benzene ring substituents is 1. The summed E-state index contributed by atoms with van der Waals surface area (Å²) in [5, 5.41) is 13.9. The molecule has 2 heterocycles. The van der Waals surface area contributed by atoms with Gasteiger partial charge in [-0.2, -0.15) is 0 Å². The normalized spacial score (nSPS) is 13.8. The molecule has 0 unspecified atom stereocenters. The standard InChI is InChI=1S/C17H18N4O3/c22-17(19-12-13-4-3-7-18-11-13)15-10-14(21(23)24)5-6-16(15)20-8-1-2-9-20/h3-7,10-11H,1-2,8-9,12H2,(H,19,22). The van der Waals surface area contributed by atoms with E-state index >= 15 is 0 Å². The predicted octanol–water partition coefficient (Wildman–Crippen LogP) is 2.52.